The Morgan fingerprint density at radius 1 is 1.29 bits per heavy atom. The standard InChI is InChI=1S/C11H15BrFN/c1-11(2,14(3)4)8-5-6-10(13)9(12)7-8/h5-7H,1-4H3. The van der Waals surface area contributed by atoms with Gasteiger partial charge in [-0.1, -0.05) is 6.07 Å². The third-order valence-electron chi connectivity index (χ3n) is 2.74. The van der Waals surface area contributed by atoms with Gasteiger partial charge in [0.25, 0.3) is 0 Å². The Hall–Kier alpha value is -0.410. The molecule has 0 atom stereocenters. The number of rotatable bonds is 2. The van der Waals surface area contributed by atoms with Crippen LogP contribution in [0.2, 0.25) is 0 Å². The van der Waals surface area contributed by atoms with E-state index in [1.54, 1.807) is 0 Å². The van der Waals surface area contributed by atoms with Crippen LogP contribution < -0.4 is 0 Å². The molecule has 0 fully saturated rings. The lowest BCUT2D eigenvalue weighted by Crippen LogP contribution is -2.35. The maximum atomic E-state index is 13.0. The summed E-state index contributed by atoms with van der Waals surface area (Å²) in [5.74, 6) is -0.219. The first kappa shape index (κ1) is 11.7. The van der Waals surface area contributed by atoms with Crippen LogP contribution in [0.3, 0.4) is 0 Å². The number of hydrogen-bond donors (Lipinski definition) is 0. The first-order valence-corrected chi connectivity index (χ1v) is 5.28. The summed E-state index contributed by atoms with van der Waals surface area (Å²) in [7, 11) is 4.02. The first-order valence-electron chi connectivity index (χ1n) is 4.48. The van der Waals surface area contributed by atoms with Crippen LogP contribution in [0, 0.1) is 5.82 Å². The van der Waals surface area contributed by atoms with Crippen molar-refractivity contribution >= 4 is 15.9 Å². The van der Waals surface area contributed by atoms with Crippen molar-refractivity contribution < 1.29 is 4.39 Å². The average molecular weight is 260 g/mol. The molecule has 0 saturated heterocycles. The van der Waals surface area contributed by atoms with E-state index in [1.165, 1.54) is 6.07 Å². The Bertz CT molecular complexity index is 334. The molecule has 0 aliphatic rings. The fourth-order valence-corrected chi connectivity index (χ4v) is 1.51. The summed E-state index contributed by atoms with van der Waals surface area (Å²) in [5.41, 5.74) is 1.01. The van der Waals surface area contributed by atoms with Gasteiger partial charge in [0.05, 0.1) is 4.47 Å². The van der Waals surface area contributed by atoms with Crippen molar-refractivity contribution in [3.05, 3.63) is 34.1 Å². The van der Waals surface area contributed by atoms with Gasteiger partial charge >= 0.3 is 0 Å². The molecular formula is C11H15BrFN. The van der Waals surface area contributed by atoms with E-state index in [0.29, 0.717) is 4.47 Å². The van der Waals surface area contributed by atoms with E-state index in [1.807, 2.05) is 26.2 Å². The van der Waals surface area contributed by atoms with Crippen LogP contribution in [0.5, 0.6) is 0 Å². The number of nitrogens with zero attached hydrogens (tertiary/aromatic N) is 1. The molecule has 0 unspecified atom stereocenters. The molecular weight excluding hydrogens is 245 g/mol. The minimum atomic E-state index is -0.219. The van der Waals surface area contributed by atoms with Crippen molar-refractivity contribution in [2.45, 2.75) is 19.4 Å². The zero-order valence-corrected chi connectivity index (χ0v) is 10.5. The average Bonchev–Trinajstić information content (AvgIpc) is 2.09. The van der Waals surface area contributed by atoms with Crippen molar-refractivity contribution in [3.8, 4) is 0 Å². The lowest BCUT2D eigenvalue weighted by atomic mass is 9.93. The summed E-state index contributed by atoms with van der Waals surface area (Å²) >= 11 is 3.19. The summed E-state index contributed by atoms with van der Waals surface area (Å²) in [6.45, 7) is 4.21. The predicted octanol–water partition coefficient (Wildman–Crippen LogP) is 3.38. The molecule has 0 heterocycles. The summed E-state index contributed by atoms with van der Waals surface area (Å²) in [6.07, 6.45) is 0. The van der Waals surface area contributed by atoms with Crippen LogP contribution in [-0.2, 0) is 5.54 Å². The van der Waals surface area contributed by atoms with Crippen molar-refractivity contribution in [2.75, 3.05) is 14.1 Å². The van der Waals surface area contributed by atoms with E-state index in [-0.39, 0.29) is 11.4 Å². The van der Waals surface area contributed by atoms with Gasteiger partial charge in [0.2, 0.25) is 0 Å². The molecule has 0 saturated carbocycles. The summed E-state index contributed by atoms with van der Waals surface area (Å²) in [5, 5.41) is 0. The van der Waals surface area contributed by atoms with Crippen molar-refractivity contribution in [1.82, 2.24) is 4.90 Å². The fraction of sp³-hybridized carbons (Fsp3) is 0.455. The predicted molar refractivity (Wildman–Crippen MR) is 60.8 cm³/mol. The second-order valence-electron chi connectivity index (χ2n) is 4.08. The number of hydrogen-bond acceptors (Lipinski definition) is 1. The molecule has 3 heteroatoms. The van der Waals surface area contributed by atoms with Gasteiger partial charge in [-0.3, -0.25) is 0 Å². The second kappa shape index (κ2) is 3.99. The van der Waals surface area contributed by atoms with Gasteiger partial charge in [-0.2, -0.15) is 0 Å². The summed E-state index contributed by atoms with van der Waals surface area (Å²) in [4.78, 5) is 2.10. The molecule has 78 valence electrons. The molecule has 0 N–H and O–H groups in total. The minimum absolute atomic E-state index is 0.0871. The SMILES string of the molecule is CN(C)C(C)(C)c1ccc(F)c(Br)c1. The van der Waals surface area contributed by atoms with E-state index in [9.17, 15) is 4.39 Å². The maximum Gasteiger partial charge on any atom is 0.137 e. The molecule has 0 spiro atoms. The first-order chi connectivity index (χ1) is 6.35. The molecule has 0 aliphatic carbocycles. The fourth-order valence-electron chi connectivity index (χ4n) is 1.13. The van der Waals surface area contributed by atoms with Gasteiger partial charge in [0.15, 0.2) is 0 Å². The van der Waals surface area contributed by atoms with E-state index in [0.717, 1.165) is 5.56 Å². The Morgan fingerprint density at radius 2 is 1.86 bits per heavy atom. The highest BCUT2D eigenvalue weighted by molar-refractivity contribution is 9.10. The molecule has 1 rings (SSSR count). The smallest absolute Gasteiger partial charge is 0.137 e. The zero-order chi connectivity index (χ0) is 10.9. The van der Waals surface area contributed by atoms with Crippen LogP contribution >= 0.6 is 15.9 Å². The number of benzene rings is 1. The maximum absolute atomic E-state index is 13.0. The Balaban J connectivity index is 3.14. The molecule has 1 nitrogen and oxygen atoms in total. The van der Waals surface area contributed by atoms with Gasteiger partial charge < -0.3 is 4.90 Å². The van der Waals surface area contributed by atoms with Crippen LogP contribution in [-0.4, -0.2) is 19.0 Å². The van der Waals surface area contributed by atoms with Gasteiger partial charge in [0, 0.05) is 5.54 Å². The zero-order valence-electron chi connectivity index (χ0n) is 8.94. The third-order valence-corrected chi connectivity index (χ3v) is 3.35. The molecule has 0 aromatic heterocycles. The molecule has 0 aliphatic heterocycles. The summed E-state index contributed by atoms with van der Waals surface area (Å²) < 4.78 is 13.5. The Labute approximate surface area is 93.0 Å². The number of halogens is 2. The molecule has 1 aromatic carbocycles. The molecule has 1 aromatic rings. The van der Waals surface area contributed by atoms with Gasteiger partial charge in [-0.25, -0.2) is 4.39 Å². The van der Waals surface area contributed by atoms with E-state index >= 15 is 0 Å². The lowest BCUT2D eigenvalue weighted by molar-refractivity contribution is 0.197. The Morgan fingerprint density at radius 3 is 2.29 bits per heavy atom. The van der Waals surface area contributed by atoms with E-state index in [4.69, 9.17) is 0 Å². The molecule has 0 bridgehead atoms. The van der Waals surface area contributed by atoms with Crippen molar-refractivity contribution in [1.29, 1.82) is 0 Å². The van der Waals surface area contributed by atoms with Crippen molar-refractivity contribution in [3.63, 3.8) is 0 Å². The van der Waals surface area contributed by atoms with Crippen LogP contribution in [0.15, 0.2) is 22.7 Å². The van der Waals surface area contributed by atoms with Crippen LogP contribution in [0.1, 0.15) is 19.4 Å². The topological polar surface area (TPSA) is 3.24 Å². The molecule has 0 radical (unpaired) electrons. The lowest BCUT2D eigenvalue weighted by Gasteiger charge is -2.33. The highest BCUT2D eigenvalue weighted by Gasteiger charge is 2.23. The van der Waals surface area contributed by atoms with E-state index in [2.05, 4.69) is 34.7 Å². The Kier molecular flexibility index (Phi) is 3.32. The third kappa shape index (κ3) is 2.15. The van der Waals surface area contributed by atoms with Crippen LogP contribution in [0.4, 0.5) is 4.39 Å². The van der Waals surface area contributed by atoms with Gasteiger partial charge in [0.1, 0.15) is 5.82 Å². The minimum Gasteiger partial charge on any atom is -0.300 e. The highest BCUT2D eigenvalue weighted by atomic mass is 79.9. The monoisotopic (exact) mass is 259 g/mol. The molecule has 14 heavy (non-hydrogen) atoms. The summed E-state index contributed by atoms with van der Waals surface area (Å²) in [6, 6.07) is 5.14. The highest BCUT2D eigenvalue weighted by Crippen LogP contribution is 2.28. The van der Waals surface area contributed by atoms with Gasteiger partial charge in [-0.05, 0) is 61.6 Å². The van der Waals surface area contributed by atoms with Gasteiger partial charge in [-0.15, -0.1) is 0 Å². The second-order valence-corrected chi connectivity index (χ2v) is 4.94. The van der Waals surface area contributed by atoms with Crippen molar-refractivity contribution in [2.24, 2.45) is 0 Å². The largest absolute Gasteiger partial charge is 0.300 e. The quantitative estimate of drug-likeness (QED) is 0.787. The molecule has 0 amide bonds. The van der Waals surface area contributed by atoms with Crippen LogP contribution in [0.25, 0.3) is 0 Å². The van der Waals surface area contributed by atoms with E-state index < -0.39 is 0 Å². The normalized spacial score (nSPS) is 12.2.